The molecule has 9 nitrogen and oxygen atoms in total. The second-order valence-electron chi connectivity index (χ2n) is 12.3. The van der Waals surface area contributed by atoms with Gasteiger partial charge in [0.2, 0.25) is 11.6 Å². The molecule has 3 atom stereocenters. The lowest BCUT2D eigenvalue weighted by Crippen LogP contribution is -2.69. The van der Waals surface area contributed by atoms with Crippen LogP contribution in [0.2, 0.25) is 0 Å². The molecule has 0 spiro atoms. The van der Waals surface area contributed by atoms with E-state index in [4.69, 9.17) is 4.99 Å². The quantitative estimate of drug-likeness (QED) is 0.332. The van der Waals surface area contributed by atoms with Crippen molar-refractivity contribution in [3.63, 3.8) is 0 Å². The highest BCUT2D eigenvalue weighted by atomic mass is 32.2. The van der Waals surface area contributed by atoms with E-state index in [-0.39, 0.29) is 28.7 Å². The Balaban J connectivity index is 1.75. The van der Waals surface area contributed by atoms with Gasteiger partial charge >= 0.3 is 0 Å². The third-order valence-electron chi connectivity index (χ3n) is 7.87. The lowest BCUT2D eigenvalue weighted by Gasteiger charge is -2.48. The summed E-state index contributed by atoms with van der Waals surface area (Å²) in [6.07, 6.45) is 3.41. The van der Waals surface area contributed by atoms with Crippen LogP contribution < -0.4 is 5.32 Å². The van der Waals surface area contributed by atoms with Crippen molar-refractivity contribution >= 4 is 40.2 Å². The first-order valence-corrected chi connectivity index (χ1v) is 15.9. The molecule has 2 aliphatic rings. The summed E-state index contributed by atoms with van der Waals surface area (Å²) in [6.45, 7) is 9.58. The summed E-state index contributed by atoms with van der Waals surface area (Å²) in [6, 6.07) is 21.9. The largest absolute Gasteiger partial charge is 0.364 e. The van der Waals surface area contributed by atoms with Gasteiger partial charge in [0, 0.05) is 24.1 Å². The van der Waals surface area contributed by atoms with E-state index in [0.717, 1.165) is 5.56 Å². The zero-order valence-corrected chi connectivity index (χ0v) is 27.0. The smallest absolute Gasteiger partial charge is 0.277 e. The third kappa shape index (κ3) is 6.72. The molecule has 3 heterocycles. The molecule has 2 aromatic carbocycles. The van der Waals surface area contributed by atoms with Gasteiger partial charge in [-0.3, -0.25) is 34.2 Å². The summed E-state index contributed by atoms with van der Waals surface area (Å²) in [5.74, 6) is -1.57. The number of hydrogen-bond acceptors (Lipinski definition) is 7. The molecule has 0 bridgehead atoms. The molecule has 2 aliphatic heterocycles. The fraction of sp³-hybridized carbons (Fsp3) is 0.343. The van der Waals surface area contributed by atoms with E-state index >= 15 is 4.79 Å². The molecule has 3 aromatic rings. The number of nitrogens with one attached hydrogen (secondary N) is 1. The Kier molecular flexibility index (Phi) is 9.27. The molecule has 1 unspecified atom stereocenters. The van der Waals surface area contributed by atoms with Gasteiger partial charge in [-0.15, -0.1) is 0 Å². The van der Waals surface area contributed by atoms with Gasteiger partial charge in [0.1, 0.15) is 16.8 Å². The maximum Gasteiger partial charge on any atom is 0.277 e. The zero-order valence-electron chi connectivity index (χ0n) is 26.2. The predicted octanol–water partition coefficient (Wildman–Crippen LogP) is 4.75. The first-order valence-electron chi connectivity index (χ1n) is 15.0. The van der Waals surface area contributed by atoms with Gasteiger partial charge in [0.15, 0.2) is 0 Å². The second kappa shape index (κ2) is 13.0. The standard InChI is InChI=1S/C35H39N5O4S/c1-23(2)30-32(43)40(28(26-16-10-7-11-17-26)21-39(30)31(42)27-18-12-13-19-36-27)29(20-25-14-8-6-9-15-25)35(44,38-24(3)41)33-37-22-34(4,5)45-33/h6-19,21,23,29-30,44H,20,22H2,1-5H3,(H,38,41)/t29-,30+,35?/m0/s1. The Hall–Kier alpha value is -4.28. The third-order valence-corrected chi connectivity index (χ3v) is 9.18. The van der Waals surface area contributed by atoms with Crippen molar-refractivity contribution in [3.05, 3.63) is 108 Å². The number of hydrogen-bond donors (Lipinski definition) is 2. The number of amides is 3. The first kappa shape index (κ1) is 32.1. The van der Waals surface area contributed by atoms with Crippen LogP contribution in [0.1, 0.15) is 56.2 Å². The van der Waals surface area contributed by atoms with Crippen LogP contribution in [0.4, 0.5) is 0 Å². The molecule has 0 saturated carbocycles. The fourth-order valence-electron chi connectivity index (χ4n) is 5.81. The number of carbonyl (C=O) groups excluding carboxylic acids is 3. The van der Waals surface area contributed by atoms with E-state index in [1.54, 1.807) is 35.5 Å². The van der Waals surface area contributed by atoms with Crippen LogP contribution >= 0.6 is 11.8 Å². The van der Waals surface area contributed by atoms with E-state index < -0.39 is 29.6 Å². The minimum absolute atomic E-state index is 0.187. The van der Waals surface area contributed by atoms with Gasteiger partial charge in [-0.2, -0.15) is 0 Å². The highest BCUT2D eigenvalue weighted by Crippen LogP contribution is 2.41. The molecular weight excluding hydrogens is 586 g/mol. The second-order valence-corrected chi connectivity index (χ2v) is 14.0. The van der Waals surface area contributed by atoms with Crippen LogP contribution in [0, 0.1) is 5.92 Å². The van der Waals surface area contributed by atoms with Crippen LogP contribution in [0.3, 0.4) is 0 Å². The number of thioether (sulfide) groups is 1. The van der Waals surface area contributed by atoms with Crippen molar-refractivity contribution in [2.45, 2.75) is 63.6 Å². The number of carbonyl (C=O) groups is 3. The molecule has 3 amide bonds. The van der Waals surface area contributed by atoms with Crippen molar-refractivity contribution in [3.8, 4) is 0 Å². The minimum Gasteiger partial charge on any atom is -0.364 e. The molecule has 2 N–H and O–H groups in total. The molecular formula is C35H39N5O4S. The number of nitrogens with zero attached hydrogens (tertiary/aromatic N) is 4. The van der Waals surface area contributed by atoms with Gasteiger partial charge in [0.05, 0.1) is 18.3 Å². The summed E-state index contributed by atoms with van der Waals surface area (Å²) in [5, 5.41) is 15.9. The summed E-state index contributed by atoms with van der Waals surface area (Å²) >= 11 is 1.38. The van der Waals surface area contributed by atoms with Crippen LogP contribution in [-0.4, -0.2) is 71.8 Å². The fourth-order valence-corrected chi connectivity index (χ4v) is 6.93. The van der Waals surface area contributed by atoms with Crippen LogP contribution in [0.5, 0.6) is 0 Å². The summed E-state index contributed by atoms with van der Waals surface area (Å²) in [5.41, 5.74) is 0.0917. The van der Waals surface area contributed by atoms with Gasteiger partial charge in [-0.1, -0.05) is 92.3 Å². The van der Waals surface area contributed by atoms with Crippen LogP contribution in [0.15, 0.2) is 96.3 Å². The normalized spacial score (nSPS) is 19.9. The molecule has 5 rings (SSSR count). The van der Waals surface area contributed by atoms with E-state index in [2.05, 4.69) is 10.3 Å². The summed E-state index contributed by atoms with van der Waals surface area (Å²) in [7, 11) is 0. The molecule has 0 radical (unpaired) electrons. The lowest BCUT2D eigenvalue weighted by molar-refractivity contribution is -0.143. The zero-order chi connectivity index (χ0) is 32.4. The highest BCUT2D eigenvalue weighted by molar-refractivity contribution is 8.15. The average molecular weight is 626 g/mol. The maximum atomic E-state index is 15.0. The Morgan fingerprint density at radius 1 is 1.04 bits per heavy atom. The van der Waals surface area contributed by atoms with E-state index in [0.29, 0.717) is 22.8 Å². The summed E-state index contributed by atoms with van der Waals surface area (Å²) in [4.78, 5) is 53.8. The minimum atomic E-state index is -2.04. The van der Waals surface area contributed by atoms with Crippen molar-refractivity contribution in [2.75, 3.05) is 6.54 Å². The SMILES string of the molecule is CC(=O)NC(O)(C1=NCC(C)(C)S1)[C@H](Cc1ccccc1)N1C(=O)[C@@H](C(C)C)N(C(=O)c2ccccn2)C=C1c1ccccc1. The molecule has 0 aliphatic carbocycles. The van der Waals surface area contributed by atoms with Crippen molar-refractivity contribution in [2.24, 2.45) is 10.9 Å². The van der Waals surface area contributed by atoms with Crippen molar-refractivity contribution in [1.82, 2.24) is 20.1 Å². The Bertz CT molecular complexity index is 1610. The van der Waals surface area contributed by atoms with Gasteiger partial charge in [-0.25, -0.2) is 0 Å². The Labute approximate surface area is 268 Å². The molecule has 1 aromatic heterocycles. The molecule has 234 valence electrons. The topological polar surface area (TPSA) is 115 Å². The van der Waals surface area contributed by atoms with E-state index in [1.807, 2.05) is 88.4 Å². The maximum absolute atomic E-state index is 15.0. The Morgan fingerprint density at radius 2 is 1.69 bits per heavy atom. The predicted molar refractivity (Wildman–Crippen MR) is 177 cm³/mol. The van der Waals surface area contributed by atoms with Crippen molar-refractivity contribution < 1.29 is 19.5 Å². The monoisotopic (exact) mass is 625 g/mol. The van der Waals surface area contributed by atoms with Crippen molar-refractivity contribution in [1.29, 1.82) is 0 Å². The number of aliphatic imine (C=N–C) groups is 1. The Morgan fingerprint density at radius 3 is 2.24 bits per heavy atom. The first-order chi connectivity index (χ1) is 21.4. The van der Waals surface area contributed by atoms with E-state index in [9.17, 15) is 14.7 Å². The molecule has 0 fully saturated rings. The molecule has 0 saturated heterocycles. The van der Waals surface area contributed by atoms with Crippen LogP contribution in [-0.2, 0) is 16.0 Å². The molecule has 45 heavy (non-hydrogen) atoms. The van der Waals surface area contributed by atoms with E-state index in [1.165, 1.54) is 23.6 Å². The molecule has 10 heteroatoms. The number of aliphatic hydroxyl groups is 1. The number of rotatable bonds is 9. The van der Waals surface area contributed by atoms with Gasteiger partial charge in [0.25, 0.3) is 11.8 Å². The number of benzene rings is 2. The summed E-state index contributed by atoms with van der Waals surface area (Å²) < 4.78 is -0.324. The van der Waals surface area contributed by atoms with Crippen LogP contribution in [0.25, 0.3) is 5.70 Å². The highest BCUT2D eigenvalue weighted by Gasteiger charge is 2.54. The van der Waals surface area contributed by atoms with Gasteiger partial charge in [-0.05, 0) is 49.4 Å². The lowest BCUT2D eigenvalue weighted by atomic mass is 9.89. The average Bonchev–Trinajstić information content (AvgIpc) is 3.40. The van der Waals surface area contributed by atoms with Gasteiger partial charge < -0.3 is 10.4 Å². The number of aromatic nitrogens is 1. The number of pyridine rings is 1.